The summed E-state index contributed by atoms with van der Waals surface area (Å²) in [4.78, 5) is 11.7. The van der Waals surface area contributed by atoms with Gasteiger partial charge >= 0.3 is 0 Å². The van der Waals surface area contributed by atoms with Gasteiger partial charge in [-0.1, -0.05) is 13.0 Å². The minimum atomic E-state index is -0.643. The molecule has 2 rings (SSSR count). The van der Waals surface area contributed by atoms with Crippen LogP contribution in [0.4, 0.5) is 8.78 Å². The Hall–Kier alpha value is -1.49. The Kier molecular flexibility index (Phi) is 5.06. The maximum atomic E-state index is 13.7. The summed E-state index contributed by atoms with van der Waals surface area (Å²) in [5, 5.41) is 2.71. The fourth-order valence-corrected chi connectivity index (χ4v) is 2.02. The highest BCUT2D eigenvalue weighted by molar-refractivity contribution is 5.77. The molecule has 0 spiro atoms. The van der Waals surface area contributed by atoms with Crippen molar-refractivity contribution in [3.05, 3.63) is 35.4 Å². The molecule has 1 aromatic rings. The van der Waals surface area contributed by atoms with Crippen molar-refractivity contribution >= 4 is 5.91 Å². The summed E-state index contributed by atoms with van der Waals surface area (Å²) in [6, 6.07) is 2.92. The van der Waals surface area contributed by atoms with Crippen LogP contribution < -0.4 is 5.32 Å². The molecule has 5 heteroatoms. The lowest BCUT2D eigenvalue weighted by atomic mass is 10.0. The van der Waals surface area contributed by atoms with E-state index in [1.165, 1.54) is 25.0 Å². The predicted molar refractivity (Wildman–Crippen MR) is 71.1 cm³/mol. The van der Waals surface area contributed by atoms with Crippen LogP contribution in [-0.4, -0.2) is 19.1 Å². The van der Waals surface area contributed by atoms with Crippen molar-refractivity contribution < 1.29 is 18.3 Å². The predicted octanol–water partition coefficient (Wildman–Crippen LogP) is 2.96. The second-order valence-electron chi connectivity index (χ2n) is 5.15. The molecule has 0 aromatic heterocycles. The molecule has 0 bridgehead atoms. The van der Waals surface area contributed by atoms with Gasteiger partial charge in [0, 0.05) is 11.6 Å². The zero-order chi connectivity index (χ0) is 14.5. The van der Waals surface area contributed by atoms with Crippen LogP contribution in [0.1, 0.15) is 37.8 Å². The minimum Gasteiger partial charge on any atom is -0.371 e. The number of halogens is 2. The molecule has 1 amide bonds. The molecule has 0 saturated heterocycles. The van der Waals surface area contributed by atoms with Crippen LogP contribution in [0.2, 0.25) is 0 Å². The molecule has 1 N–H and O–H groups in total. The first-order chi connectivity index (χ1) is 9.60. The Morgan fingerprint density at radius 2 is 2.20 bits per heavy atom. The van der Waals surface area contributed by atoms with Crippen molar-refractivity contribution in [2.45, 2.75) is 32.2 Å². The third-order valence-electron chi connectivity index (χ3n) is 3.37. The lowest BCUT2D eigenvalue weighted by Gasteiger charge is -2.18. The van der Waals surface area contributed by atoms with E-state index in [0.29, 0.717) is 24.5 Å². The summed E-state index contributed by atoms with van der Waals surface area (Å²) < 4.78 is 31.8. The SMILES string of the molecule is CC[C@@H](NC(=O)COCC1CC1)c1ccc(F)cc1F. The maximum absolute atomic E-state index is 13.7. The first kappa shape index (κ1) is 14.9. The fraction of sp³-hybridized carbons (Fsp3) is 0.533. The Labute approximate surface area is 117 Å². The molecule has 20 heavy (non-hydrogen) atoms. The monoisotopic (exact) mass is 283 g/mol. The third-order valence-corrected chi connectivity index (χ3v) is 3.37. The van der Waals surface area contributed by atoms with Crippen LogP contribution in [0.15, 0.2) is 18.2 Å². The number of hydrogen-bond donors (Lipinski definition) is 1. The van der Waals surface area contributed by atoms with Crippen molar-refractivity contribution in [2.75, 3.05) is 13.2 Å². The van der Waals surface area contributed by atoms with Crippen LogP contribution in [0.25, 0.3) is 0 Å². The van der Waals surface area contributed by atoms with Gasteiger partial charge in [-0.15, -0.1) is 0 Å². The van der Waals surface area contributed by atoms with Crippen LogP contribution in [0, 0.1) is 17.6 Å². The number of hydrogen-bond acceptors (Lipinski definition) is 2. The molecule has 1 atom stereocenters. The average molecular weight is 283 g/mol. The zero-order valence-corrected chi connectivity index (χ0v) is 11.5. The molecule has 1 saturated carbocycles. The van der Waals surface area contributed by atoms with Gasteiger partial charge in [-0.25, -0.2) is 8.78 Å². The van der Waals surface area contributed by atoms with Gasteiger partial charge in [-0.05, 0) is 31.2 Å². The van der Waals surface area contributed by atoms with Gasteiger partial charge in [-0.3, -0.25) is 4.79 Å². The lowest BCUT2D eigenvalue weighted by molar-refractivity contribution is -0.126. The standard InChI is InChI=1S/C15H19F2NO2/c1-2-14(12-6-5-11(16)7-13(12)17)18-15(19)9-20-8-10-3-4-10/h5-7,10,14H,2-4,8-9H2,1H3,(H,18,19)/t14-/m1/s1. The van der Waals surface area contributed by atoms with Gasteiger partial charge in [0.05, 0.1) is 12.6 Å². The molecule has 0 unspecified atom stereocenters. The highest BCUT2D eigenvalue weighted by Crippen LogP contribution is 2.28. The van der Waals surface area contributed by atoms with Crippen LogP contribution in [0.5, 0.6) is 0 Å². The lowest BCUT2D eigenvalue weighted by Crippen LogP contribution is -2.32. The second-order valence-corrected chi connectivity index (χ2v) is 5.15. The van der Waals surface area contributed by atoms with E-state index in [2.05, 4.69) is 5.32 Å². The molecule has 0 radical (unpaired) electrons. The minimum absolute atomic E-state index is 0.0180. The third kappa shape index (κ3) is 4.27. The number of benzene rings is 1. The van der Waals surface area contributed by atoms with E-state index in [9.17, 15) is 13.6 Å². The Balaban J connectivity index is 1.88. The van der Waals surface area contributed by atoms with E-state index in [0.717, 1.165) is 6.07 Å². The van der Waals surface area contributed by atoms with E-state index in [1.807, 2.05) is 6.92 Å². The van der Waals surface area contributed by atoms with E-state index < -0.39 is 17.7 Å². The number of ether oxygens (including phenoxy) is 1. The van der Waals surface area contributed by atoms with Gasteiger partial charge in [0.25, 0.3) is 0 Å². The first-order valence-corrected chi connectivity index (χ1v) is 6.92. The molecule has 110 valence electrons. The molecule has 1 aliphatic rings. The number of carbonyl (C=O) groups is 1. The first-order valence-electron chi connectivity index (χ1n) is 6.92. The molecule has 1 fully saturated rings. The maximum Gasteiger partial charge on any atom is 0.246 e. The highest BCUT2D eigenvalue weighted by atomic mass is 19.1. The highest BCUT2D eigenvalue weighted by Gasteiger charge is 2.22. The van der Waals surface area contributed by atoms with E-state index in [-0.39, 0.29) is 12.5 Å². The number of nitrogens with one attached hydrogen (secondary N) is 1. The normalized spacial score (nSPS) is 15.9. The summed E-state index contributed by atoms with van der Waals surface area (Å²) in [6.07, 6.45) is 2.86. The number of amides is 1. The molecular formula is C15H19F2NO2. The largest absolute Gasteiger partial charge is 0.371 e. The van der Waals surface area contributed by atoms with Crippen LogP contribution >= 0.6 is 0 Å². The summed E-state index contributed by atoms with van der Waals surface area (Å²) in [5.74, 6) is -0.947. The zero-order valence-electron chi connectivity index (χ0n) is 11.5. The Morgan fingerprint density at radius 1 is 1.45 bits per heavy atom. The summed E-state index contributed by atoms with van der Waals surface area (Å²) in [7, 11) is 0. The number of carbonyl (C=O) groups excluding carboxylic acids is 1. The Bertz CT molecular complexity index is 475. The van der Waals surface area contributed by atoms with Crippen LogP contribution in [0.3, 0.4) is 0 Å². The van der Waals surface area contributed by atoms with Gasteiger partial charge in [0.2, 0.25) is 5.91 Å². The topological polar surface area (TPSA) is 38.3 Å². The van der Waals surface area contributed by atoms with Gasteiger partial charge in [-0.2, -0.15) is 0 Å². The summed E-state index contributed by atoms with van der Waals surface area (Å²) in [5.41, 5.74) is 0.296. The molecule has 1 aromatic carbocycles. The van der Waals surface area contributed by atoms with Crippen molar-refractivity contribution in [1.29, 1.82) is 0 Å². The Morgan fingerprint density at radius 3 is 2.80 bits per heavy atom. The molecule has 0 heterocycles. The van der Waals surface area contributed by atoms with E-state index in [4.69, 9.17) is 4.74 Å². The van der Waals surface area contributed by atoms with Crippen molar-refractivity contribution in [3.63, 3.8) is 0 Å². The number of rotatable bonds is 7. The molecular weight excluding hydrogens is 264 g/mol. The van der Waals surface area contributed by atoms with Gasteiger partial charge in [0.1, 0.15) is 18.2 Å². The quantitative estimate of drug-likeness (QED) is 0.835. The van der Waals surface area contributed by atoms with Crippen molar-refractivity contribution in [1.82, 2.24) is 5.32 Å². The molecule has 0 aliphatic heterocycles. The van der Waals surface area contributed by atoms with Crippen LogP contribution in [-0.2, 0) is 9.53 Å². The van der Waals surface area contributed by atoms with Crippen molar-refractivity contribution in [2.24, 2.45) is 5.92 Å². The van der Waals surface area contributed by atoms with Gasteiger partial charge in [0.15, 0.2) is 0 Å². The summed E-state index contributed by atoms with van der Waals surface area (Å²) in [6.45, 7) is 2.42. The second kappa shape index (κ2) is 6.79. The van der Waals surface area contributed by atoms with E-state index >= 15 is 0 Å². The summed E-state index contributed by atoms with van der Waals surface area (Å²) >= 11 is 0. The van der Waals surface area contributed by atoms with E-state index in [1.54, 1.807) is 0 Å². The average Bonchev–Trinajstić information content (AvgIpc) is 3.21. The van der Waals surface area contributed by atoms with Gasteiger partial charge < -0.3 is 10.1 Å². The molecule has 1 aliphatic carbocycles. The van der Waals surface area contributed by atoms with Crippen molar-refractivity contribution in [3.8, 4) is 0 Å². The molecule has 3 nitrogen and oxygen atoms in total. The fourth-order valence-electron chi connectivity index (χ4n) is 2.02. The smallest absolute Gasteiger partial charge is 0.246 e.